The SMILES string of the molecule is COc1ccc(N2CCC[C@H]2c2nc3cc(-c4c(C)noc4C)ccc3n2[C@@H]2CC[C@@H](O)C2)cc1Cl. The number of halogens is 1. The number of hydrogen-bond acceptors (Lipinski definition) is 6. The number of hydrogen-bond donors (Lipinski definition) is 1. The number of rotatable bonds is 5. The Balaban J connectivity index is 1.47. The molecule has 0 amide bonds. The van der Waals surface area contributed by atoms with E-state index >= 15 is 0 Å². The molecule has 2 fully saturated rings. The molecule has 0 spiro atoms. The van der Waals surface area contributed by atoms with Gasteiger partial charge in [-0.2, -0.15) is 0 Å². The summed E-state index contributed by atoms with van der Waals surface area (Å²) in [5.41, 5.74) is 6.11. The van der Waals surface area contributed by atoms with Crippen LogP contribution in [-0.4, -0.2) is 39.6 Å². The molecule has 1 N–H and O–H groups in total. The summed E-state index contributed by atoms with van der Waals surface area (Å²) in [6, 6.07) is 12.8. The molecule has 1 aliphatic carbocycles. The number of fused-ring (bicyclic) bond motifs is 1. The number of ether oxygens (including phenoxy) is 1. The van der Waals surface area contributed by atoms with Gasteiger partial charge in [0.2, 0.25) is 0 Å². The van der Waals surface area contributed by atoms with Gasteiger partial charge in [0, 0.05) is 23.8 Å². The van der Waals surface area contributed by atoms with Crippen molar-refractivity contribution < 1.29 is 14.4 Å². The van der Waals surface area contributed by atoms with Gasteiger partial charge in [-0.25, -0.2) is 4.98 Å². The van der Waals surface area contributed by atoms with E-state index in [0.29, 0.717) is 10.8 Å². The van der Waals surface area contributed by atoms with Crippen LogP contribution in [0.25, 0.3) is 22.2 Å². The van der Waals surface area contributed by atoms with Crippen LogP contribution in [-0.2, 0) is 0 Å². The first-order valence-electron chi connectivity index (χ1n) is 12.7. The fraction of sp³-hybridized carbons (Fsp3) is 0.429. The predicted molar refractivity (Wildman–Crippen MR) is 141 cm³/mol. The summed E-state index contributed by atoms with van der Waals surface area (Å²) in [6.45, 7) is 4.85. The number of aliphatic hydroxyl groups is 1. The Morgan fingerprint density at radius 1 is 1.11 bits per heavy atom. The standard InChI is InChI=1S/C28H31ClN4O3/c1-16-27(17(2)36-31-16)18-6-10-24-23(13-18)30-28(33(24)20-7-9-21(34)14-20)25-5-4-12-32(25)19-8-11-26(35-3)22(29)15-19/h6,8,10-11,13,15,20-21,25,34H,4-5,7,9,12,14H2,1-3H3/t20-,21-,25+/m1/s1. The highest BCUT2D eigenvalue weighted by molar-refractivity contribution is 6.32. The number of aryl methyl sites for hydroxylation is 2. The zero-order chi connectivity index (χ0) is 25.0. The second-order valence-corrected chi connectivity index (χ2v) is 10.4. The van der Waals surface area contributed by atoms with Crippen molar-refractivity contribution in [2.45, 2.75) is 64.1 Å². The molecule has 1 aliphatic heterocycles. The van der Waals surface area contributed by atoms with E-state index in [0.717, 1.165) is 83.8 Å². The maximum Gasteiger partial charge on any atom is 0.141 e. The topological polar surface area (TPSA) is 76.5 Å². The number of aliphatic hydroxyl groups excluding tert-OH is 1. The lowest BCUT2D eigenvalue weighted by Crippen LogP contribution is -2.26. The molecule has 8 heteroatoms. The number of nitrogens with zero attached hydrogens (tertiary/aromatic N) is 4. The van der Waals surface area contributed by atoms with Crippen LogP contribution < -0.4 is 9.64 Å². The van der Waals surface area contributed by atoms with Crippen LogP contribution in [0, 0.1) is 13.8 Å². The number of anilines is 1. The van der Waals surface area contributed by atoms with E-state index < -0.39 is 0 Å². The molecular weight excluding hydrogens is 476 g/mol. The molecule has 188 valence electrons. The van der Waals surface area contributed by atoms with Gasteiger partial charge in [0.25, 0.3) is 0 Å². The summed E-state index contributed by atoms with van der Waals surface area (Å²) < 4.78 is 13.2. The van der Waals surface area contributed by atoms with Crippen molar-refractivity contribution >= 4 is 28.3 Å². The Hall–Kier alpha value is -3.03. The Morgan fingerprint density at radius 3 is 2.67 bits per heavy atom. The molecule has 2 aromatic heterocycles. The van der Waals surface area contributed by atoms with Crippen LogP contribution in [0.4, 0.5) is 5.69 Å². The molecule has 1 saturated carbocycles. The summed E-state index contributed by atoms with van der Waals surface area (Å²) in [5.74, 6) is 2.54. The lowest BCUT2D eigenvalue weighted by molar-refractivity contribution is 0.178. The molecule has 1 saturated heterocycles. The number of imidazole rings is 1. The molecule has 3 heterocycles. The zero-order valence-electron chi connectivity index (χ0n) is 20.9. The maximum absolute atomic E-state index is 10.4. The zero-order valence-corrected chi connectivity index (χ0v) is 21.6. The van der Waals surface area contributed by atoms with Crippen molar-refractivity contribution in [1.29, 1.82) is 0 Å². The third-order valence-corrected chi connectivity index (χ3v) is 8.09. The van der Waals surface area contributed by atoms with Gasteiger partial charge in [0.15, 0.2) is 0 Å². The molecule has 6 rings (SSSR count). The van der Waals surface area contributed by atoms with E-state index in [4.69, 9.17) is 25.8 Å². The number of methoxy groups -OCH3 is 1. The van der Waals surface area contributed by atoms with Crippen LogP contribution in [0.1, 0.15) is 61.5 Å². The number of benzene rings is 2. The quantitative estimate of drug-likeness (QED) is 0.337. The highest BCUT2D eigenvalue weighted by Gasteiger charge is 2.35. The fourth-order valence-electron chi connectivity index (χ4n) is 6.13. The third-order valence-electron chi connectivity index (χ3n) is 7.80. The van der Waals surface area contributed by atoms with Crippen molar-refractivity contribution in [3.05, 3.63) is 58.7 Å². The predicted octanol–water partition coefficient (Wildman–Crippen LogP) is 6.40. The summed E-state index contributed by atoms with van der Waals surface area (Å²) in [5, 5.41) is 15.1. The van der Waals surface area contributed by atoms with Crippen LogP contribution >= 0.6 is 11.6 Å². The van der Waals surface area contributed by atoms with Gasteiger partial charge in [0.1, 0.15) is 17.3 Å². The molecule has 4 aromatic rings. The van der Waals surface area contributed by atoms with Gasteiger partial charge in [-0.3, -0.25) is 0 Å². The largest absolute Gasteiger partial charge is 0.495 e. The molecule has 0 bridgehead atoms. The van der Waals surface area contributed by atoms with E-state index in [2.05, 4.69) is 38.9 Å². The second-order valence-electron chi connectivity index (χ2n) is 10.0. The monoisotopic (exact) mass is 506 g/mol. The van der Waals surface area contributed by atoms with E-state index in [-0.39, 0.29) is 18.2 Å². The molecule has 36 heavy (non-hydrogen) atoms. The van der Waals surface area contributed by atoms with E-state index in [1.165, 1.54) is 0 Å². The van der Waals surface area contributed by atoms with E-state index in [1.54, 1.807) is 7.11 Å². The minimum Gasteiger partial charge on any atom is -0.495 e. The molecule has 0 radical (unpaired) electrons. The van der Waals surface area contributed by atoms with Crippen molar-refractivity contribution in [1.82, 2.24) is 14.7 Å². The molecule has 3 atom stereocenters. The average molecular weight is 507 g/mol. The summed E-state index contributed by atoms with van der Waals surface area (Å²) in [7, 11) is 1.63. The first-order chi connectivity index (χ1) is 17.4. The van der Waals surface area contributed by atoms with Gasteiger partial charge in [-0.15, -0.1) is 0 Å². The minimum absolute atomic E-state index is 0.127. The number of aromatic nitrogens is 3. The van der Waals surface area contributed by atoms with E-state index in [1.807, 2.05) is 26.0 Å². The van der Waals surface area contributed by atoms with Crippen molar-refractivity contribution in [2.24, 2.45) is 0 Å². The molecule has 0 unspecified atom stereocenters. The average Bonchev–Trinajstić information content (AvgIpc) is 3.64. The van der Waals surface area contributed by atoms with Gasteiger partial charge >= 0.3 is 0 Å². The highest BCUT2D eigenvalue weighted by atomic mass is 35.5. The van der Waals surface area contributed by atoms with E-state index in [9.17, 15) is 5.11 Å². The summed E-state index contributed by atoms with van der Waals surface area (Å²) in [6.07, 6.45) is 4.36. The van der Waals surface area contributed by atoms with Crippen molar-refractivity contribution in [3.63, 3.8) is 0 Å². The van der Waals surface area contributed by atoms with Crippen molar-refractivity contribution in [2.75, 3.05) is 18.6 Å². The molecule has 2 aliphatic rings. The fourth-order valence-corrected chi connectivity index (χ4v) is 6.39. The van der Waals surface area contributed by atoms with Crippen LogP contribution in [0.2, 0.25) is 5.02 Å². The first kappa shape index (κ1) is 23.4. The van der Waals surface area contributed by atoms with Crippen LogP contribution in [0.5, 0.6) is 5.75 Å². The van der Waals surface area contributed by atoms with Crippen molar-refractivity contribution in [3.8, 4) is 16.9 Å². The lowest BCUT2D eigenvalue weighted by Gasteiger charge is -2.29. The van der Waals surface area contributed by atoms with Gasteiger partial charge in [0.05, 0.1) is 41.0 Å². The minimum atomic E-state index is -0.262. The Labute approximate surface area is 215 Å². The van der Waals surface area contributed by atoms with Crippen LogP contribution in [0.3, 0.4) is 0 Å². The maximum atomic E-state index is 10.4. The lowest BCUT2D eigenvalue weighted by atomic mass is 10.0. The summed E-state index contributed by atoms with van der Waals surface area (Å²) in [4.78, 5) is 7.66. The van der Waals surface area contributed by atoms with Gasteiger partial charge in [-0.1, -0.05) is 22.8 Å². The second kappa shape index (κ2) is 9.12. The molecular formula is C28H31ClN4O3. The Kier molecular flexibility index (Phi) is 5.92. The van der Waals surface area contributed by atoms with Crippen LogP contribution in [0.15, 0.2) is 40.9 Å². The van der Waals surface area contributed by atoms with Gasteiger partial charge < -0.3 is 23.8 Å². The first-order valence-corrected chi connectivity index (χ1v) is 13.1. The van der Waals surface area contributed by atoms with Gasteiger partial charge in [-0.05, 0) is 81.8 Å². The third kappa shape index (κ3) is 3.85. The Morgan fingerprint density at radius 2 is 1.97 bits per heavy atom. The summed E-state index contributed by atoms with van der Waals surface area (Å²) >= 11 is 6.50. The normalized spacial score (nSPS) is 22.1. The smallest absolute Gasteiger partial charge is 0.141 e. The highest BCUT2D eigenvalue weighted by Crippen LogP contribution is 2.43. The molecule has 2 aromatic carbocycles. The Bertz CT molecular complexity index is 1410. The molecule has 7 nitrogen and oxygen atoms in total.